The third-order valence-electron chi connectivity index (χ3n) is 2.62. The molecule has 2 aromatic rings. The van der Waals surface area contributed by atoms with Crippen LogP contribution in [0.5, 0.6) is 0 Å². The van der Waals surface area contributed by atoms with E-state index in [1.165, 1.54) is 0 Å². The Labute approximate surface area is 101 Å². The molecule has 0 amide bonds. The van der Waals surface area contributed by atoms with Gasteiger partial charge in [-0.25, -0.2) is 4.98 Å². The van der Waals surface area contributed by atoms with Crippen LogP contribution >= 0.6 is 0 Å². The zero-order valence-corrected chi connectivity index (χ0v) is 9.86. The van der Waals surface area contributed by atoms with E-state index in [2.05, 4.69) is 16.4 Å². The Kier molecular flexibility index (Phi) is 3.06. The highest BCUT2D eigenvalue weighted by molar-refractivity contribution is 5.63. The van der Waals surface area contributed by atoms with Gasteiger partial charge in [-0.05, 0) is 37.6 Å². The van der Waals surface area contributed by atoms with Crippen molar-refractivity contribution in [1.82, 2.24) is 4.98 Å². The summed E-state index contributed by atoms with van der Waals surface area (Å²) in [6, 6.07) is 13.7. The van der Waals surface area contributed by atoms with Crippen molar-refractivity contribution in [3.63, 3.8) is 0 Å². The van der Waals surface area contributed by atoms with Crippen LogP contribution in [0.4, 0.5) is 11.5 Å². The van der Waals surface area contributed by atoms with E-state index in [1.54, 1.807) is 0 Å². The predicted octanol–water partition coefficient (Wildman–Crippen LogP) is 3.31. The van der Waals surface area contributed by atoms with Crippen LogP contribution in [-0.4, -0.2) is 4.98 Å². The lowest BCUT2D eigenvalue weighted by molar-refractivity contribution is 1.14. The van der Waals surface area contributed by atoms with Crippen molar-refractivity contribution in [2.24, 2.45) is 0 Å². The van der Waals surface area contributed by atoms with E-state index in [4.69, 9.17) is 5.26 Å². The molecular weight excluding hydrogens is 210 g/mol. The summed E-state index contributed by atoms with van der Waals surface area (Å²) < 4.78 is 0. The monoisotopic (exact) mass is 223 g/mol. The average molecular weight is 223 g/mol. The number of rotatable bonds is 2. The van der Waals surface area contributed by atoms with Gasteiger partial charge in [0, 0.05) is 11.4 Å². The molecule has 84 valence electrons. The molecule has 0 bridgehead atoms. The van der Waals surface area contributed by atoms with Crippen LogP contribution in [0.15, 0.2) is 36.4 Å². The second kappa shape index (κ2) is 4.67. The van der Waals surface area contributed by atoms with E-state index in [0.717, 1.165) is 16.9 Å². The maximum absolute atomic E-state index is 9.08. The summed E-state index contributed by atoms with van der Waals surface area (Å²) in [5.74, 6) is 0.613. The van der Waals surface area contributed by atoms with Gasteiger partial charge in [0.1, 0.15) is 11.9 Å². The van der Waals surface area contributed by atoms with Crippen LogP contribution in [0.3, 0.4) is 0 Å². The fourth-order valence-electron chi connectivity index (χ4n) is 1.54. The molecule has 0 atom stereocenters. The molecule has 0 unspecified atom stereocenters. The van der Waals surface area contributed by atoms with Crippen LogP contribution < -0.4 is 5.32 Å². The Balaban J connectivity index is 2.40. The fourth-order valence-corrected chi connectivity index (χ4v) is 1.54. The van der Waals surface area contributed by atoms with Crippen LogP contribution in [0, 0.1) is 25.2 Å². The van der Waals surface area contributed by atoms with Crippen molar-refractivity contribution < 1.29 is 0 Å². The second-order valence-electron chi connectivity index (χ2n) is 3.89. The molecule has 0 saturated heterocycles. The largest absolute Gasteiger partial charge is 0.339 e. The highest BCUT2D eigenvalue weighted by Crippen LogP contribution is 2.20. The summed E-state index contributed by atoms with van der Waals surface area (Å²) in [6.45, 7) is 3.89. The lowest BCUT2D eigenvalue weighted by Gasteiger charge is -2.09. The Hall–Kier alpha value is -2.34. The van der Waals surface area contributed by atoms with Gasteiger partial charge in [-0.15, -0.1) is 0 Å². The standard InChI is InChI=1S/C14H13N3/c1-10-8-12(9-15)14(16-11(10)2)17-13-6-4-3-5-7-13/h3-8H,1-2H3,(H,16,17). The zero-order valence-electron chi connectivity index (χ0n) is 9.86. The molecule has 0 aliphatic carbocycles. The molecule has 1 N–H and O–H groups in total. The highest BCUT2D eigenvalue weighted by Gasteiger charge is 2.06. The fraction of sp³-hybridized carbons (Fsp3) is 0.143. The van der Waals surface area contributed by atoms with Gasteiger partial charge in [0.15, 0.2) is 0 Å². The number of benzene rings is 1. The first-order valence-corrected chi connectivity index (χ1v) is 5.41. The quantitative estimate of drug-likeness (QED) is 0.849. The van der Waals surface area contributed by atoms with E-state index >= 15 is 0 Å². The third kappa shape index (κ3) is 2.43. The molecule has 3 heteroatoms. The second-order valence-corrected chi connectivity index (χ2v) is 3.89. The van der Waals surface area contributed by atoms with Crippen molar-refractivity contribution in [3.05, 3.63) is 53.2 Å². The first kappa shape index (κ1) is 11.2. The molecule has 0 aliphatic rings. The zero-order chi connectivity index (χ0) is 12.3. The molecule has 2 rings (SSSR count). The molecule has 1 aromatic carbocycles. The van der Waals surface area contributed by atoms with Crippen molar-refractivity contribution in [1.29, 1.82) is 5.26 Å². The summed E-state index contributed by atoms with van der Waals surface area (Å²) in [7, 11) is 0. The van der Waals surface area contributed by atoms with E-state index in [0.29, 0.717) is 11.4 Å². The van der Waals surface area contributed by atoms with Crippen molar-refractivity contribution in [2.45, 2.75) is 13.8 Å². The number of nitrogens with one attached hydrogen (secondary N) is 1. The Morgan fingerprint density at radius 2 is 1.88 bits per heavy atom. The maximum Gasteiger partial charge on any atom is 0.148 e. The normalized spacial score (nSPS) is 9.71. The minimum Gasteiger partial charge on any atom is -0.339 e. The molecule has 0 saturated carbocycles. The first-order valence-electron chi connectivity index (χ1n) is 5.41. The number of hydrogen-bond acceptors (Lipinski definition) is 3. The van der Waals surface area contributed by atoms with Crippen molar-refractivity contribution in [2.75, 3.05) is 5.32 Å². The lowest BCUT2D eigenvalue weighted by Crippen LogP contribution is -2.00. The number of anilines is 2. The summed E-state index contributed by atoms with van der Waals surface area (Å²) in [5.41, 5.74) is 3.46. The Bertz CT molecular complexity index is 568. The number of aryl methyl sites for hydroxylation is 2. The number of nitrogens with zero attached hydrogens (tertiary/aromatic N) is 2. The van der Waals surface area contributed by atoms with Gasteiger partial charge in [0.05, 0.1) is 5.56 Å². The van der Waals surface area contributed by atoms with Gasteiger partial charge >= 0.3 is 0 Å². The molecule has 1 heterocycles. The molecule has 3 nitrogen and oxygen atoms in total. The number of para-hydroxylation sites is 1. The van der Waals surface area contributed by atoms with Crippen LogP contribution in [0.25, 0.3) is 0 Å². The molecule has 0 radical (unpaired) electrons. The molecule has 0 fully saturated rings. The topological polar surface area (TPSA) is 48.7 Å². The van der Waals surface area contributed by atoms with Gasteiger partial charge < -0.3 is 5.32 Å². The molecule has 0 aliphatic heterocycles. The highest BCUT2D eigenvalue weighted by atomic mass is 15.0. The number of hydrogen-bond donors (Lipinski definition) is 1. The van der Waals surface area contributed by atoms with Gasteiger partial charge in [-0.2, -0.15) is 5.26 Å². The van der Waals surface area contributed by atoms with E-state index in [-0.39, 0.29) is 0 Å². The predicted molar refractivity (Wildman–Crippen MR) is 68.2 cm³/mol. The summed E-state index contributed by atoms with van der Waals surface area (Å²) in [6.07, 6.45) is 0. The minimum atomic E-state index is 0.567. The Morgan fingerprint density at radius 3 is 2.53 bits per heavy atom. The maximum atomic E-state index is 9.08. The van der Waals surface area contributed by atoms with E-state index in [1.807, 2.05) is 50.2 Å². The number of pyridine rings is 1. The van der Waals surface area contributed by atoms with Gasteiger partial charge in [-0.3, -0.25) is 0 Å². The summed E-state index contributed by atoms with van der Waals surface area (Å²) in [4.78, 5) is 4.41. The SMILES string of the molecule is Cc1cc(C#N)c(Nc2ccccc2)nc1C. The smallest absolute Gasteiger partial charge is 0.148 e. The minimum absolute atomic E-state index is 0.567. The summed E-state index contributed by atoms with van der Waals surface area (Å²) in [5, 5.41) is 12.2. The van der Waals surface area contributed by atoms with E-state index in [9.17, 15) is 0 Å². The summed E-state index contributed by atoms with van der Waals surface area (Å²) >= 11 is 0. The van der Waals surface area contributed by atoms with Crippen LogP contribution in [-0.2, 0) is 0 Å². The molecule has 17 heavy (non-hydrogen) atoms. The third-order valence-corrected chi connectivity index (χ3v) is 2.62. The average Bonchev–Trinajstić information content (AvgIpc) is 2.35. The van der Waals surface area contributed by atoms with Gasteiger partial charge in [-0.1, -0.05) is 18.2 Å². The Morgan fingerprint density at radius 1 is 1.18 bits per heavy atom. The molecule has 0 spiro atoms. The van der Waals surface area contributed by atoms with Gasteiger partial charge in [0.2, 0.25) is 0 Å². The van der Waals surface area contributed by atoms with Gasteiger partial charge in [0.25, 0.3) is 0 Å². The van der Waals surface area contributed by atoms with Crippen LogP contribution in [0.2, 0.25) is 0 Å². The lowest BCUT2D eigenvalue weighted by atomic mass is 10.1. The van der Waals surface area contributed by atoms with Crippen LogP contribution in [0.1, 0.15) is 16.8 Å². The van der Waals surface area contributed by atoms with Crippen molar-refractivity contribution in [3.8, 4) is 6.07 Å². The number of aromatic nitrogens is 1. The van der Waals surface area contributed by atoms with Crippen molar-refractivity contribution >= 4 is 11.5 Å². The number of nitriles is 1. The molecule has 1 aromatic heterocycles. The first-order chi connectivity index (χ1) is 8.20. The van der Waals surface area contributed by atoms with E-state index < -0.39 is 0 Å². The molecular formula is C14H13N3.